The molecule has 0 bridgehead atoms. The number of thiophene rings is 1. The number of anilines is 1. The van der Waals surface area contributed by atoms with Gasteiger partial charge in [-0.15, -0.1) is 11.3 Å². The SMILES string of the molecule is CC(Oc1cccc(Cl)c1)C(=O)Nc1sc2c(c1C#N)CCCC2. The number of fused-ring (bicyclic) bond motifs is 1. The predicted molar refractivity (Wildman–Crippen MR) is 95.8 cm³/mol. The van der Waals surface area contributed by atoms with Crippen molar-refractivity contribution in [1.29, 1.82) is 5.26 Å². The minimum absolute atomic E-state index is 0.273. The Morgan fingerprint density at radius 3 is 2.96 bits per heavy atom. The molecule has 0 aliphatic heterocycles. The Hall–Kier alpha value is -2.03. The number of rotatable bonds is 4. The van der Waals surface area contributed by atoms with E-state index < -0.39 is 6.10 Å². The summed E-state index contributed by atoms with van der Waals surface area (Å²) in [6, 6.07) is 9.17. The molecule has 0 radical (unpaired) electrons. The summed E-state index contributed by atoms with van der Waals surface area (Å²) in [5.41, 5.74) is 1.71. The maximum absolute atomic E-state index is 12.4. The highest BCUT2D eigenvalue weighted by molar-refractivity contribution is 7.16. The first kappa shape index (κ1) is 16.8. The summed E-state index contributed by atoms with van der Waals surface area (Å²) in [6.07, 6.45) is 3.45. The van der Waals surface area contributed by atoms with Crippen LogP contribution in [-0.2, 0) is 17.6 Å². The number of amides is 1. The molecule has 1 unspecified atom stereocenters. The van der Waals surface area contributed by atoms with Crippen LogP contribution in [0.5, 0.6) is 5.75 Å². The third kappa shape index (κ3) is 3.55. The van der Waals surface area contributed by atoms with Crippen LogP contribution in [0.25, 0.3) is 0 Å². The van der Waals surface area contributed by atoms with Gasteiger partial charge in [0.15, 0.2) is 6.10 Å². The number of halogens is 1. The highest BCUT2D eigenvalue weighted by Crippen LogP contribution is 2.37. The first-order valence-electron chi connectivity index (χ1n) is 7.86. The van der Waals surface area contributed by atoms with E-state index in [9.17, 15) is 10.1 Å². The average Bonchev–Trinajstić information content (AvgIpc) is 2.91. The van der Waals surface area contributed by atoms with Crippen molar-refractivity contribution in [2.24, 2.45) is 0 Å². The summed E-state index contributed by atoms with van der Waals surface area (Å²) in [4.78, 5) is 13.6. The molecule has 1 heterocycles. The number of carbonyl (C=O) groups is 1. The van der Waals surface area contributed by atoms with Crippen LogP contribution in [-0.4, -0.2) is 12.0 Å². The summed E-state index contributed by atoms with van der Waals surface area (Å²) in [6.45, 7) is 1.68. The Balaban J connectivity index is 1.73. The standard InChI is InChI=1S/C18H17ClN2O2S/c1-11(23-13-6-4-5-12(19)9-13)17(22)21-18-15(10-20)14-7-2-3-8-16(14)24-18/h4-6,9,11H,2-3,7-8H2,1H3,(H,21,22). The molecule has 1 atom stereocenters. The second-order valence-corrected chi connectivity index (χ2v) is 7.28. The lowest BCUT2D eigenvalue weighted by Gasteiger charge is -2.14. The molecule has 4 nitrogen and oxygen atoms in total. The van der Waals surface area contributed by atoms with E-state index in [-0.39, 0.29) is 5.91 Å². The Morgan fingerprint density at radius 2 is 2.21 bits per heavy atom. The monoisotopic (exact) mass is 360 g/mol. The van der Waals surface area contributed by atoms with E-state index in [0.29, 0.717) is 21.3 Å². The first-order chi connectivity index (χ1) is 11.6. The predicted octanol–water partition coefficient (Wildman–Crippen LogP) is 4.56. The summed E-state index contributed by atoms with van der Waals surface area (Å²) >= 11 is 7.43. The summed E-state index contributed by atoms with van der Waals surface area (Å²) in [7, 11) is 0. The van der Waals surface area contributed by atoms with Crippen molar-refractivity contribution >= 4 is 33.8 Å². The van der Waals surface area contributed by atoms with Crippen LogP contribution in [0.1, 0.15) is 35.8 Å². The lowest BCUT2D eigenvalue weighted by molar-refractivity contribution is -0.122. The first-order valence-corrected chi connectivity index (χ1v) is 9.05. The van der Waals surface area contributed by atoms with Crippen LogP contribution in [0.4, 0.5) is 5.00 Å². The van der Waals surface area contributed by atoms with E-state index in [1.54, 1.807) is 31.2 Å². The van der Waals surface area contributed by atoms with Gasteiger partial charge in [-0.05, 0) is 56.4 Å². The third-order valence-corrected chi connectivity index (χ3v) is 5.44. The number of ether oxygens (including phenoxy) is 1. The molecule has 3 rings (SSSR count). The molecular weight excluding hydrogens is 344 g/mol. The molecular formula is C18H17ClN2O2S. The number of aryl methyl sites for hydroxylation is 1. The molecule has 1 aromatic carbocycles. The molecule has 6 heteroatoms. The summed E-state index contributed by atoms with van der Waals surface area (Å²) in [5.74, 6) is 0.265. The van der Waals surface area contributed by atoms with Gasteiger partial charge in [0.25, 0.3) is 5.91 Å². The summed E-state index contributed by atoms with van der Waals surface area (Å²) < 4.78 is 5.63. The van der Waals surface area contributed by atoms with Crippen molar-refractivity contribution in [3.05, 3.63) is 45.3 Å². The van der Waals surface area contributed by atoms with Crippen molar-refractivity contribution in [1.82, 2.24) is 0 Å². The van der Waals surface area contributed by atoms with Crippen molar-refractivity contribution in [3.8, 4) is 11.8 Å². The van der Waals surface area contributed by atoms with Crippen LogP contribution >= 0.6 is 22.9 Å². The van der Waals surface area contributed by atoms with Gasteiger partial charge in [0.1, 0.15) is 16.8 Å². The van der Waals surface area contributed by atoms with Gasteiger partial charge in [-0.2, -0.15) is 5.26 Å². The highest BCUT2D eigenvalue weighted by atomic mass is 35.5. The van der Waals surface area contributed by atoms with Gasteiger partial charge in [-0.3, -0.25) is 4.79 Å². The molecule has 0 spiro atoms. The van der Waals surface area contributed by atoms with Gasteiger partial charge < -0.3 is 10.1 Å². The zero-order valence-corrected chi connectivity index (χ0v) is 14.8. The number of carbonyl (C=O) groups excluding carboxylic acids is 1. The lowest BCUT2D eigenvalue weighted by atomic mass is 9.96. The number of hydrogen-bond donors (Lipinski definition) is 1. The second-order valence-electron chi connectivity index (χ2n) is 5.73. The Morgan fingerprint density at radius 1 is 1.42 bits per heavy atom. The van der Waals surface area contributed by atoms with E-state index in [4.69, 9.17) is 16.3 Å². The molecule has 1 aromatic heterocycles. The van der Waals surface area contributed by atoms with Crippen LogP contribution < -0.4 is 10.1 Å². The van der Waals surface area contributed by atoms with E-state index in [0.717, 1.165) is 31.2 Å². The van der Waals surface area contributed by atoms with Crippen molar-refractivity contribution < 1.29 is 9.53 Å². The minimum Gasteiger partial charge on any atom is -0.481 e. The van der Waals surface area contributed by atoms with E-state index in [2.05, 4.69) is 11.4 Å². The van der Waals surface area contributed by atoms with Gasteiger partial charge in [0.2, 0.25) is 0 Å². The number of nitrogens with zero attached hydrogens (tertiary/aromatic N) is 1. The molecule has 24 heavy (non-hydrogen) atoms. The average molecular weight is 361 g/mol. The molecule has 2 aromatic rings. The zero-order chi connectivity index (χ0) is 17.1. The molecule has 124 valence electrons. The Kier molecular flexibility index (Phi) is 5.08. The fraction of sp³-hybridized carbons (Fsp3) is 0.333. The van der Waals surface area contributed by atoms with Gasteiger partial charge >= 0.3 is 0 Å². The number of nitriles is 1. The zero-order valence-electron chi connectivity index (χ0n) is 13.3. The number of benzene rings is 1. The summed E-state index contributed by atoms with van der Waals surface area (Å²) in [5, 5.41) is 13.5. The fourth-order valence-corrected chi connectivity index (χ4v) is 4.21. The van der Waals surface area contributed by atoms with Gasteiger partial charge in [0, 0.05) is 9.90 Å². The normalized spacial score (nSPS) is 14.4. The highest BCUT2D eigenvalue weighted by Gasteiger charge is 2.23. The van der Waals surface area contributed by atoms with Gasteiger partial charge in [0.05, 0.1) is 5.56 Å². The van der Waals surface area contributed by atoms with Gasteiger partial charge in [-0.1, -0.05) is 17.7 Å². The van der Waals surface area contributed by atoms with Crippen molar-refractivity contribution in [2.45, 2.75) is 38.7 Å². The molecule has 1 amide bonds. The maximum Gasteiger partial charge on any atom is 0.265 e. The second kappa shape index (κ2) is 7.25. The van der Waals surface area contributed by atoms with Gasteiger partial charge in [-0.25, -0.2) is 0 Å². The fourth-order valence-electron chi connectivity index (χ4n) is 2.78. The topological polar surface area (TPSA) is 62.1 Å². The van der Waals surface area contributed by atoms with Crippen LogP contribution in [0, 0.1) is 11.3 Å². The smallest absolute Gasteiger partial charge is 0.265 e. The lowest BCUT2D eigenvalue weighted by Crippen LogP contribution is -2.30. The Labute approximate surface area is 150 Å². The molecule has 0 fully saturated rings. The molecule has 1 N–H and O–H groups in total. The molecule has 1 aliphatic carbocycles. The number of nitrogens with one attached hydrogen (secondary N) is 1. The van der Waals surface area contributed by atoms with Crippen LogP contribution in [0.3, 0.4) is 0 Å². The van der Waals surface area contributed by atoms with E-state index in [1.807, 2.05) is 0 Å². The Bertz CT molecular complexity index is 810. The quantitative estimate of drug-likeness (QED) is 0.869. The van der Waals surface area contributed by atoms with Crippen LogP contribution in [0.15, 0.2) is 24.3 Å². The van der Waals surface area contributed by atoms with E-state index >= 15 is 0 Å². The van der Waals surface area contributed by atoms with Crippen molar-refractivity contribution in [2.75, 3.05) is 5.32 Å². The van der Waals surface area contributed by atoms with E-state index in [1.165, 1.54) is 16.2 Å². The molecule has 0 saturated heterocycles. The molecule has 1 aliphatic rings. The number of hydrogen-bond acceptors (Lipinski definition) is 4. The van der Waals surface area contributed by atoms with Crippen LogP contribution in [0.2, 0.25) is 5.02 Å². The minimum atomic E-state index is -0.686. The third-order valence-electron chi connectivity index (χ3n) is 4.00. The van der Waals surface area contributed by atoms with Crippen molar-refractivity contribution in [3.63, 3.8) is 0 Å². The maximum atomic E-state index is 12.4. The molecule has 0 saturated carbocycles. The largest absolute Gasteiger partial charge is 0.481 e.